The second kappa shape index (κ2) is 15.2. The number of halogens is 4. The van der Waals surface area contributed by atoms with Crippen molar-refractivity contribution in [2.24, 2.45) is 5.41 Å². The van der Waals surface area contributed by atoms with E-state index in [1.807, 2.05) is 43.1 Å². The van der Waals surface area contributed by atoms with Crippen LogP contribution in [0.15, 0.2) is 36.4 Å². The highest BCUT2D eigenvalue weighted by Gasteiger charge is 2.35. The largest absolute Gasteiger partial charge is 0.480 e. The molecule has 5 nitrogen and oxygen atoms in total. The molecule has 9 heteroatoms. The van der Waals surface area contributed by atoms with E-state index in [-0.39, 0.29) is 11.8 Å². The Labute approximate surface area is 272 Å². The zero-order valence-corrected chi connectivity index (χ0v) is 28.2. The van der Waals surface area contributed by atoms with Gasteiger partial charge in [0.15, 0.2) is 0 Å². The molecule has 1 saturated heterocycles. The predicted molar refractivity (Wildman–Crippen MR) is 174 cm³/mol. The molecule has 2 aromatic rings. The third kappa shape index (κ3) is 9.93. The van der Waals surface area contributed by atoms with Gasteiger partial charge in [-0.05, 0) is 143 Å². The number of benzene rings is 2. The van der Waals surface area contributed by atoms with E-state index in [9.17, 15) is 23.1 Å². The molecule has 1 saturated carbocycles. The van der Waals surface area contributed by atoms with Crippen molar-refractivity contribution in [3.63, 3.8) is 0 Å². The number of likely N-dealkylation sites (N-methyl/N-ethyl adjacent to an activating group) is 1. The predicted octanol–water partition coefficient (Wildman–Crippen LogP) is 8.92. The number of hydrogen-bond acceptors (Lipinski definition) is 4. The maximum Gasteiger partial charge on any atom is 0.411 e. The number of alkyl halides is 3. The zero-order chi connectivity index (χ0) is 32.9. The Morgan fingerprint density at radius 3 is 2.42 bits per heavy atom. The van der Waals surface area contributed by atoms with Crippen LogP contribution in [0.3, 0.4) is 0 Å². The van der Waals surface area contributed by atoms with Gasteiger partial charge >= 0.3 is 12.1 Å². The number of aliphatic carboxylic acids is 1. The first-order valence-electron chi connectivity index (χ1n) is 16.3. The molecule has 0 spiro atoms. The topological polar surface area (TPSA) is 53.0 Å². The first kappa shape index (κ1) is 35.7. The molecule has 1 aliphatic carbocycles. The van der Waals surface area contributed by atoms with Gasteiger partial charge in [-0.15, -0.1) is 0 Å². The standard InChI is InChI=1S/C36H50ClF3N2O3/c1-24-9-12-28(37)21-31(24)26(16-19-42-20-17-35(3,4)22-42)15-18-41(5)33(34(43)44)30-8-6-7-25(2)32(30)27-10-13-29(14-11-27)45-23-36(38,39)40/h6-9,12,21,26-27,29,33H,10-11,13-20,22-23H2,1-5H3,(H,43,44)/t26-,27?,29?,33-/m1/s1. The van der Waals surface area contributed by atoms with Crippen LogP contribution in [0.2, 0.25) is 5.02 Å². The van der Waals surface area contributed by atoms with Gasteiger partial charge in [0.2, 0.25) is 0 Å². The summed E-state index contributed by atoms with van der Waals surface area (Å²) in [6, 6.07) is 11.0. The summed E-state index contributed by atoms with van der Waals surface area (Å²) >= 11 is 6.46. The van der Waals surface area contributed by atoms with Crippen molar-refractivity contribution in [1.82, 2.24) is 9.80 Å². The number of carboxylic acid groups (broad SMARTS) is 1. The highest BCUT2D eigenvalue weighted by molar-refractivity contribution is 6.30. The van der Waals surface area contributed by atoms with Crippen LogP contribution in [-0.4, -0.2) is 73.0 Å². The molecule has 250 valence electrons. The van der Waals surface area contributed by atoms with Gasteiger partial charge in [0, 0.05) is 11.6 Å². The smallest absolute Gasteiger partial charge is 0.411 e. The minimum absolute atomic E-state index is 0.0776. The molecule has 0 unspecified atom stereocenters. The van der Waals surface area contributed by atoms with Crippen molar-refractivity contribution in [3.05, 3.63) is 69.2 Å². The van der Waals surface area contributed by atoms with Crippen molar-refractivity contribution >= 4 is 17.6 Å². The molecule has 45 heavy (non-hydrogen) atoms. The van der Waals surface area contributed by atoms with E-state index in [2.05, 4.69) is 37.8 Å². The number of carbonyl (C=O) groups is 1. The molecule has 2 aromatic carbocycles. The monoisotopic (exact) mass is 650 g/mol. The van der Waals surface area contributed by atoms with E-state index in [4.69, 9.17) is 16.3 Å². The third-order valence-corrected chi connectivity index (χ3v) is 10.2. The lowest BCUT2D eigenvalue weighted by atomic mass is 9.77. The second-order valence-electron chi connectivity index (χ2n) is 14.2. The average molecular weight is 651 g/mol. The third-order valence-electron chi connectivity index (χ3n) is 9.95. The van der Waals surface area contributed by atoms with Crippen LogP contribution in [-0.2, 0) is 9.53 Å². The normalized spacial score (nSPS) is 22.1. The summed E-state index contributed by atoms with van der Waals surface area (Å²) in [4.78, 5) is 17.4. The molecule has 0 bridgehead atoms. The van der Waals surface area contributed by atoms with Crippen molar-refractivity contribution in [3.8, 4) is 0 Å². The Balaban J connectivity index is 1.50. The summed E-state index contributed by atoms with van der Waals surface area (Å²) in [5.41, 5.74) is 5.57. The van der Waals surface area contributed by atoms with E-state index in [1.54, 1.807) is 0 Å². The molecular weight excluding hydrogens is 601 g/mol. The van der Waals surface area contributed by atoms with Gasteiger partial charge in [0.05, 0.1) is 6.10 Å². The lowest BCUT2D eigenvalue weighted by molar-refractivity contribution is -0.188. The zero-order valence-electron chi connectivity index (χ0n) is 27.4. The lowest BCUT2D eigenvalue weighted by Crippen LogP contribution is -2.34. The Hall–Kier alpha value is -2.13. The minimum atomic E-state index is -4.34. The van der Waals surface area contributed by atoms with E-state index < -0.39 is 30.9 Å². The highest BCUT2D eigenvalue weighted by atomic mass is 35.5. The Morgan fingerprint density at radius 1 is 1.09 bits per heavy atom. The van der Waals surface area contributed by atoms with E-state index >= 15 is 0 Å². The summed E-state index contributed by atoms with van der Waals surface area (Å²) in [6.07, 6.45) is 0.576. The van der Waals surface area contributed by atoms with Crippen molar-refractivity contribution in [2.45, 2.75) is 103 Å². The van der Waals surface area contributed by atoms with Crippen LogP contribution < -0.4 is 0 Å². The van der Waals surface area contributed by atoms with E-state index in [0.717, 1.165) is 49.2 Å². The van der Waals surface area contributed by atoms with E-state index in [0.29, 0.717) is 42.7 Å². The Morgan fingerprint density at radius 2 is 1.80 bits per heavy atom. The molecule has 2 atom stereocenters. The van der Waals surface area contributed by atoms with Crippen molar-refractivity contribution < 1.29 is 27.8 Å². The van der Waals surface area contributed by atoms with Crippen LogP contribution in [0.1, 0.15) is 104 Å². The van der Waals surface area contributed by atoms with Gasteiger partial charge < -0.3 is 14.7 Å². The van der Waals surface area contributed by atoms with Gasteiger partial charge in [0.1, 0.15) is 12.6 Å². The fraction of sp³-hybridized carbons (Fsp3) is 0.639. The molecule has 0 aromatic heterocycles. The number of rotatable bonds is 13. The first-order chi connectivity index (χ1) is 21.1. The van der Waals surface area contributed by atoms with Gasteiger partial charge in [-0.3, -0.25) is 9.69 Å². The molecular formula is C36H50ClF3N2O3. The lowest BCUT2D eigenvalue weighted by Gasteiger charge is -2.34. The summed E-state index contributed by atoms with van der Waals surface area (Å²) in [6.45, 7) is 11.3. The van der Waals surface area contributed by atoms with Crippen molar-refractivity contribution in [1.29, 1.82) is 0 Å². The van der Waals surface area contributed by atoms with Gasteiger partial charge in [-0.1, -0.05) is 49.7 Å². The van der Waals surface area contributed by atoms with Crippen LogP contribution in [0.5, 0.6) is 0 Å². The number of likely N-dealkylation sites (tertiary alicyclic amines) is 1. The van der Waals surface area contributed by atoms with Gasteiger partial charge in [-0.25, -0.2) is 0 Å². The molecule has 0 radical (unpaired) electrons. The quantitative estimate of drug-likeness (QED) is 0.235. The van der Waals surface area contributed by atoms with Gasteiger partial charge in [-0.2, -0.15) is 13.2 Å². The number of nitrogens with zero attached hydrogens (tertiary/aromatic N) is 2. The molecule has 1 N–H and O–H groups in total. The summed E-state index contributed by atoms with van der Waals surface area (Å²) < 4.78 is 43.2. The van der Waals surface area contributed by atoms with Gasteiger partial charge in [0.25, 0.3) is 0 Å². The summed E-state index contributed by atoms with van der Waals surface area (Å²) in [5.74, 6) is -0.594. The molecule has 2 aliphatic rings. The Kier molecular flexibility index (Phi) is 12.1. The SMILES string of the molecule is Cc1ccc(Cl)cc1[C@@H](CCN1CCC(C)(C)C1)CCN(C)[C@@H](C(=O)O)c1cccc(C)c1C1CCC(OCC(F)(F)F)CC1. The molecule has 0 amide bonds. The highest BCUT2D eigenvalue weighted by Crippen LogP contribution is 2.41. The number of carboxylic acids is 1. The number of hydrogen-bond donors (Lipinski definition) is 1. The number of ether oxygens (including phenoxy) is 1. The molecule has 1 aliphatic heterocycles. The number of aryl methyl sites for hydroxylation is 2. The second-order valence-corrected chi connectivity index (χ2v) is 14.6. The van der Waals surface area contributed by atoms with Crippen LogP contribution >= 0.6 is 11.6 Å². The molecule has 4 rings (SSSR count). The average Bonchev–Trinajstić information content (AvgIpc) is 3.31. The fourth-order valence-corrected chi connectivity index (χ4v) is 7.72. The summed E-state index contributed by atoms with van der Waals surface area (Å²) in [5, 5.41) is 11.3. The van der Waals surface area contributed by atoms with E-state index in [1.165, 1.54) is 17.5 Å². The first-order valence-corrected chi connectivity index (χ1v) is 16.7. The van der Waals surface area contributed by atoms with Crippen molar-refractivity contribution in [2.75, 3.05) is 39.8 Å². The molecule has 2 fully saturated rings. The fourth-order valence-electron chi connectivity index (χ4n) is 7.54. The minimum Gasteiger partial charge on any atom is -0.480 e. The summed E-state index contributed by atoms with van der Waals surface area (Å²) in [7, 11) is 1.89. The molecule has 1 heterocycles. The Bertz CT molecular complexity index is 1290. The van der Waals surface area contributed by atoms with Crippen LogP contribution in [0.25, 0.3) is 0 Å². The maximum absolute atomic E-state index is 12.9. The maximum atomic E-state index is 12.9. The van der Waals surface area contributed by atoms with Crippen LogP contribution in [0, 0.1) is 19.3 Å². The van der Waals surface area contributed by atoms with Crippen LogP contribution in [0.4, 0.5) is 13.2 Å².